The normalized spacial score (nSPS) is 13.4. The van der Waals surface area contributed by atoms with Crippen LogP contribution in [0.15, 0.2) is 0 Å². The van der Waals surface area contributed by atoms with Crippen molar-refractivity contribution < 1.29 is 15.0 Å². The zero-order chi connectivity index (χ0) is 9.56. The summed E-state index contributed by atoms with van der Waals surface area (Å²) in [5.74, 6) is 1.10. The second kappa shape index (κ2) is 6.46. The number of aliphatic hydroxyl groups is 2. The quantitative estimate of drug-likeness (QED) is 0.635. The predicted molar refractivity (Wildman–Crippen MR) is 50.3 cm³/mol. The van der Waals surface area contributed by atoms with Gasteiger partial charge in [0.2, 0.25) is 0 Å². The molecule has 0 saturated carbocycles. The first-order valence-electron chi connectivity index (χ1n) is 3.97. The number of ketones is 1. The Balaban J connectivity index is 3.37. The van der Waals surface area contributed by atoms with Crippen molar-refractivity contribution in [2.45, 2.75) is 20.0 Å². The average Bonchev–Trinajstić information content (AvgIpc) is 2.03. The Morgan fingerprint density at radius 2 is 2.08 bits per heavy atom. The highest BCUT2D eigenvalue weighted by molar-refractivity contribution is 8.00. The van der Waals surface area contributed by atoms with Gasteiger partial charge in [-0.3, -0.25) is 4.79 Å². The summed E-state index contributed by atoms with van der Waals surface area (Å²) in [6.07, 6.45) is -0.699. The van der Waals surface area contributed by atoms with Crippen LogP contribution in [0, 0.1) is 5.92 Å². The van der Waals surface area contributed by atoms with Crippen molar-refractivity contribution in [2.24, 2.45) is 5.92 Å². The van der Waals surface area contributed by atoms with Crippen LogP contribution in [-0.4, -0.2) is 40.2 Å². The van der Waals surface area contributed by atoms with E-state index in [1.54, 1.807) is 0 Å². The lowest BCUT2D eigenvalue weighted by atomic mass is 10.1. The van der Waals surface area contributed by atoms with Gasteiger partial charge in [-0.1, -0.05) is 13.8 Å². The van der Waals surface area contributed by atoms with E-state index < -0.39 is 6.10 Å². The second-order valence-electron chi connectivity index (χ2n) is 2.97. The predicted octanol–water partition coefficient (Wildman–Crippen LogP) is 0.298. The molecule has 0 rings (SSSR count). The lowest BCUT2D eigenvalue weighted by Gasteiger charge is -2.06. The Morgan fingerprint density at radius 3 is 2.50 bits per heavy atom. The first-order valence-corrected chi connectivity index (χ1v) is 5.12. The van der Waals surface area contributed by atoms with Crippen LogP contribution in [-0.2, 0) is 4.79 Å². The van der Waals surface area contributed by atoms with Crippen LogP contribution in [0.25, 0.3) is 0 Å². The zero-order valence-electron chi connectivity index (χ0n) is 7.49. The number of hydrogen-bond donors (Lipinski definition) is 2. The maximum Gasteiger partial charge on any atom is 0.145 e. The van der Waals surface area contributed by atoms with Gasteiger partial charge in [0.15, 0.2) is 0 Å². The smallest absolute Gasteiger partial charge is 0.145 e. The maximum atomic E-state index is 11.0. The Labute approximate surface area is 77.2 Å². The molecule has 0 aromatic carbocycles. The third kappa shape index (κ3) is 5.57. The molecule has 1 unspecified atom stereocenters. The van der Waals surface area contributed by atoms with Crippen LogP contribution in [0.1, 0.15) is 13.8 Å². The van der Waals surface area contributed by atoms with Crippen LogP contribution in [0.2, 0.25) is 0 Å². The minimum absolute atomic E-state index is 0.0590. The molecule has 0 aromatic heterocycles. The number of aliphatic hydroxyl groups excluding tert-OH is 2. The molecule has 0 bridgehead atoms. The summed E-state index contributed by atoms with van der Waals surface area (Å²) in [6, 6.07) is 0. The minimum Gasteiger partial charge on any atom is -0.394 e. The molecule has 12 heavy (non-hydrogen) atoms. The molecule has 0 radical (unpaired) electrons. The van der Waals surface area contributed by atoms with E-state index in [4.69, 9.17) is 10.2 Å². The molecular weight excluding hydrogens is 176 g/mol. The van der Waals surface area contributed by atoms with E-state index in [1.165, 1.54) is 11.8 Å². The van der Waals surface area contributed by atoms with Crippen molar-refractivity contribution in [3.63, 3.8) is 0 Å². The molecular formula is C8H16O3S. The highest BCUT2D eigenvalue weighted by atomic mass is 32.2. The van der Waals surface area contributed by atoms with E-state index in [1.807, 2.05) is 13.8 Å². The molecule has 0 aliphatic rings. The molecule has 72 valence electrons. The highest BCUT2D eigenvalue weighted by Crippen LogP contribution is 2.06. The minimum atomic E-state index is -0.699. The highest BCUT2D eigenvalue weighted by Gasteiger charge is 2.08. The summed E-state index contributed by atoms with van der Waals surface area (Å²) in [5.41, 5.74) is 0. The zero-order valence-corrected chi connectivity index (χ0v) is 8.30. The molecule has 4 heteroatoms. The van der Waals surface area contributed by atoms with Gasteiger partial charge in [0.05, 0.1) is 18.5 Å². The number of Topliss-reactive ketones (excluding diaryl/α,β-unsaturated/α-hetero) is 1. The number of rotatable bonds is 6. The van der Waals surface area contributed by atoms with Crippen molar-refractivity contribution in [2.75, 3.05) is 18.1 Å². The van der Waals surface area contributed by atoms with E-state index in [2.05, 4.69) is 0 Å². The van der Waals surface area contributed by atoms with Crippen LogP contribution in [0.4, 0.5) is 0 Å². The summed E-state index contributed by atoms with van der Waals surface area (Å²) >= 11 is 1.36. The molecule has 0 spiro atoms. The number of hydrogen-bond acceptors (Lipinski definition) is 4. The fraction of sp³-hybridized carbons (Fsp3) is 0.875. The van der Waals surface area contributed by atoms with E-state index in [0.717, 1.165) is 0 Å². The van der Waals surface area contributed by atoms with Gasteiger partial charge in [-0.05, 0) is 0 Å². The second-order valence-corrected chi connectivity index (χ2v) is 4.00. The van der Waals surface area contributed by atoms with Crippen molar-refractivity contribution >= 4 is 17.5 Å². The van der Waals surface area contributed by atoms with Crippen LogP contribution >= 0.6 is 11.8 Å². The van der Waals surface area contributed by atoms with E-state index in [0.29, 0.717) is 11.5 Å². The monoisotopic (exact) mass is 192 g/mol. The van der Waals surface area contributed by atoms with Gasteiger partial charge >= 0.3 is 0 Å². The molecule has 3 nitrogen and oxygen atoms in total. The lowest BCUT2D eigenvalue weighted by molar-refractivity contribution is -0.119. The number of carbonyl (C=O) groups is 1. The average molecular weight is 192 g/mol. The fourth-order valence-corrected chi connectivity index (χ4v) is 1.54. The van der Waals surface area contributed by atoms with Gasteiger partial charge < -0.3 is 10.2 Å². The molecule has 0 aliphatic heterocycles. The van der Waals surface area contributed by atoms with Gasteiger partial charge in [-0.2, -0.15) is 11.8 Å². The number of carbonyl (C=O) groups excluding carboxylic acids is 1. The van der Waals surface area contributed by atoms with Crippen molar-refractivity contribution in [3.05, 3.63) is 0 Å². The maximum absolute atomic E-state index is 11.0. The van der Waals surface area contributed by atoms with Crippen LogP contribution in [0.5, 0.6) is 0 Å². The summed E-state index contributed by atoms with van der Waals surface area (Å²) in [7, 11) is 0. The topological polar surface area (TPSA) is 57.5 Å². The van der Waals surface area contributed by atoms with Crippen LogP contribution in [0.3, 0.4) is 0 Å². The molecule has 0 saturated heterocycles. The molecule has 2 N–H and O–H groups in total. The molecule has 0 fully saturated rings. The van der Waals surface area contributed by atoms with Gasteiger partial charge in [-0.15, -0.1) is 0 Å². The van der Waals surface area contributed by atoms with Gasteiger partial charge in [-0.25, -0.2) is 0 Å². The fourth-order valence-electron chi connectivity index (χ4n) is 0.515. The first-order chi connectivity index (χ1) is 5.57. The third-order valence-corrected chi connectivity index (χ3v) is 2.52. The van der Waals surface area contributed by atoms with Crippen molar-refractivity contribution in [1.29, 1.82) is 0 Å². The van der Waals surface area contributed by atoms with E-state index in [9.17, 15) is 4.79 Å². The molecule has 1 atom stereocenters. The summed E-state index contributed by atoms with van der Waals surface area (Å²) in [4.78, 5) is 11.0. The molecule has 0 aliphatic carbocycles. The largest absolute Gasteiger partial charge is 0.394 e. The summed E-state index contributed by atoms with van der Waals surface area (Å²) in [5, 5.41) is 17.4. The lowest BCUT2D eigenvalue weighted by Crippen LogP contribution is -2.17. The third-order valence-electron chi connectivity index (χ3n) is 1.41. The molecule has 0 heterocycles. The first kappa shape index (κ1) is 11.9. The Bertz CT molecular complexity index is 136. The van der Waals surface area contributed by atoms with Crippen molar-refractivity contribution in [3.8, 4) is 0 Å². The summed E-state index contributed by atoms with van der Waals surface area (Å²) in [6.45, 7) is 3.47. The Kier molecular flexibility index (Phi) is 6.42. The Morgan fingerprint density at radius 1 is 1.50 bits per heavy atom. The number of thioether (sulfide) groups is 1. The van der Waals surface area contributed by atoms with Crippen molar-refractivity contribution in [1.82, 2.24) is 0 Å². The van der Waals surface area contributed by atoms with E-state index >= 15 is 0 Å². The van der Waals surface area contributed by atoms with Gasteiger partial charge in [0, 0.05) is 11.7 Å². The Hall–Kier alpha value is -0.0600. The van der Waals surface area contributed by atoms with Gasteiger partial charge in [0.25, 0.3) is 0 Å². The van der Waals surface area contributed by atoms with Crippen LogP contribution < -0.4 is 0 Å². The molecule has 0 aromatic rings. The van der Waals surface area contributed by atoms with E-state index in [-0.39, 0.29) is 18.3 Å². The SMILES string of the molecule is CC(C)C(=O)CSCC(O)CO. The van der Waals surface area contributed by atoms with Gasteiger partial charge in [0.1, 0.15) is 5.78 Å². The summed E-state index contributed by atoms with van der Waals surface area (Å²) < 4.78 is 0. The molecule has 0 amide bonds. The standard InChI is InChI=1S/C8H16O3S/c1-6(2)8(11)5-12-4-7(10)3-9/h6-7,9-10H,3-5H2,1-2H3.